The van der Waals surface area contributed by atoms with Crippen molar-refractivity contribution in [3.63, 3.8) is 0 Å². The van der Waals surface area contributed by atoms with Gasteiger partial charge in [0, 0.05) is 30.7 Å². The summed E-state index contributed by atoms with van der Waals surface area (Å²) in [6.45, 7) is 9.07. The second-order valence-corrected chi connectivity index (χ2v) is 8.11. The van der Waals surface area contributed by atoms with E-state index in [0.717, 1.165) is 47.3 Å². The number of benzene rings is 1. The lowest BCUT2D eigenvalue weighted by atomic mass is 10.0. The highest BCUT2D eigenvalue weighted by Crippen LogP contribution is 2.30. The number of fused-ring (bicyclic) bond motifs is 1. The van der Waals surface area contributed by atoms with Crippen LogP contribution >= 0.6 is 0 Å². The number of rotatable bonds is 3. The fraction of sp³-hybridized carbons (Fsp3) is 0.524. The summed E-state index contributed by atoms with van der Waals surface area (Å²) >= 11 is 0. The van der Waals surface area contributed by atoms with Crippen LogP contribution in [0, 0.1) is 6.92 Å². The van der Waals surface area contributed by atoms with Gasteiger partial charge in [-0.15, -0.1) is 0 Å². The monoisotopic (exact) mass is 371 g/mol. The molecule has 1 aliphatic heterocycles. The molecule has 0 unspecified atom stereocenters. The number of carbonyl (C=O) groups is 1. The molecule has 2 aromatic rings. The van der Waals surface area contributed by atoms with Crippen LogP contribution in [0.1, 0.15) is 39.2 Å². The van der Waals surface area contributed by atoms with Gasteiger partial charge in [-0.05, 0) is 69.7 Å². The molecular weight excluding hydrogens is 342 g/mol. The number of nitrogens with zero attached hydrogens (tertiary/aromatic N) is 2. The standard InChI is InChI=1S/C21H29N3O3/c1-14-11-17(26-5)12-15-8-9-22-19(18(14)15)23-16-7-6-10-24(13-16)20(25)27-21(2,3)4/h8-9,11-12,16H,6-7,10,13H2,1-5H3,(H,22,23)/t16-/m1/s1. The summed E-state index contributed by atoms with van der Waals surface area (Å²) in [7, 11) is 1.67. The Morgan fingerprint density at radius 3 is 2.81 bits per heavy atom. The third kappa shape index (κ3) is 4.62. The molecule has 1 N–H and O–H groups in total. The third-order valence-electron chi connectivity index (χ3n) is 4.68. The number of nitrogens with one attached hydrogen (secondary N) is 1. The van der Waals surface area contributed by atoms with Crippen molar-refractivity contribution >= 4 is 22.7 Å². The van der Waals surface area contributed by atoms with Crippen LogP contribution in [0.2, 0.25) is 0 Å². The van der Waals surface area contributed by atoms with E-state index in [4.69, 9.17) is 9.47 Å². The highest BCUT2D eigenvalue weighted by molar-refractivity contribution is 5.95. The molecule has 6 heteroatoms. The zero-order chi connectivity index (χ0) is 19.6. The van der Waals surface area contributed by atoms with E-state index in [1.54, 1.807) is 18.2 Å². The Morgan fingerprint density at radius 2 is 2.11 bits per heavy atom. The molecule has 1 saturated heterocycles. The second-order valence-electron chi connectivity index (χ2n) is 8.11. The molecule has 2 heterocycles. The van der Waals surface area contributed by atoms with Crippen LogP contribution in [0.3, 0.4) is 0 Å². The number of methoxy groups -OCH3 is 1. The molecule has 0 bridgehead atoms. The van der Waals surface area contributed by atoms with Gasteiger partial charge in [-0.3, -0.25) is 0 Å². The first-order valence-corrected chi connectivity index (χ1v) is 9.44. The van der Waals surface area contributed by atoms with Gasteiger partial charge in [-0.25, -0.2) is 9.78 Å². The van der Waals surface area contributed by atoms with Crippen LogP contribution < -0.4 is 10.1 Å². The lowest BCUT2D eigenvalue weighted by Crippen LogP contribution is -2.47. The number of piperidine rings is 1. The molecule has 3 rings (SSSR count). The summed E-state index contributed by atoms with van der Waals surface area (Å²) in [4.78, 5) is 18.7. The molecule has 0 spiro atoms. The van der Waals surface area contributed by atoms with Gasteiger partial charge in [0.05, 0.1) is 7.11 Å². The predicted molar refractivity (Wildman–Crippen MR) is 107 cm³/mol. The third-order valence-corrected chi connectivity index (χ3v) is 4.68. The SMILES string of the molecule is COc1cc(C)c2c(N[C@@H]3CCCN(C(=O)OC(C)(C)C)C3)nccc2c1. The maximum absolute atomic E-state index is 12.4. The minimum absolute atomic E-state index is 0.144. The first-order chi connectivity index (χ1) is 12.8. The molecule has 1 aromatic heterocycles. The van der Waals surface area contributed by atoms with Crippen molar-refractivity contribution in [2.75, 3.05) is 25.5 Å². The lowest BCUT2D eigenvalue weighted by molar-refractivity contribution is 0.0206. The van der Waals surface area contributed by atoms with Crippen molar-refractivity contribution in [1.29, 1.82) is 0 Å². The van der Waals surface area contributed by atoms with E-state index in [2.05, 4.69) is 17.2 Å². The molecule has 0 saturated carbocycles. The fourth-order valence-corrected chi connectivity index (χ4v) is 3.50. The van der Waals surface area contributed by atoms with Gasteiger partial charge in [-0.1, -0.05) is 0 Å². The minimum Gasteiger partial charge on any atom is -0.497 e. The number of aromatic nitrogens is 1. The summed E-state index contributed by atoms with van der Waals surface area (Å²) in [6.07, 6.45) is 3.49. The van der Waals surface area contributed by atoms with Gasteiger partial charge in [0.25, 0.3) is 0 Å². The van der Waals surface area contributed by atoms with Crippen LogP contribution in [0.25, 0.3) is 10.8 Å². The largest absolute Gasteiger partial charge is 0.497 e. The molecule has 1 amide bonds. The highest BCUT2D eigenvalue weighted by Gasteiger charge is 2.28. The van der Waals surface area contributed by atoms with Crippen molar-refractivity contribution in [1.82, 2.24) is 9.88 Å². The number of amides is 1. The zero-order valence-corrected chi connectivity index (χ0v) is 16.8. The van der Waals surface area contributed by atoms with Crippen molar-refractivity contribution in [3.8, 4) is 5.75 Å². The van der Waals surface area contributed by atoms with Crippen LogP contribution in [0.15, 0.2) is 24.4 Å². The first kappa shape index (κ1) is 19.3. The number of hydrogen-bond acceptors (Lipinski definition) is 5. The molecule has 1 aromatic carbocycles. The van der Waals surface area contributed by atoms with Gasteiger partial charge in [0.1, 0.15) is 17.2 Å². The summed E-state index contributed by atoms with van der Waals surface area (Å²) in [5.41, 5.74) is 0.630. The van der Waals surface area contributed by atoms with E-state index in [9.17, 15) is 4.79 Å². The van der Waals surface area contributed by atoms with E-state index in [0.29, 0.717) is 6.54 Å². The predicted octanol–water partition coefficient (Wildman–Crippen LogP) is 4.36. The Balaban J connectivity index is 1.78. The number of carbonyl (C=O) groups excluding carboxylic acids is 1. The van der Waals surface area contributed by atoms with Crippen molar-refractivity contribution in [2.24, 2.45) is 0 Å². The Bertz CT molecular complexity index is 829. The van der Waals surface area contributed by atoms with E-state index in [1.807, 2.05) is 39.0 Å². The quantitative estimate of drug-likeness (QED) is 0.868. The smallest absolute Gasteiger partial charge is 0.410 e. The average Bonchev–Trinajstić information content (AvgIpc) is 2.60. The van der Waals surface area contributed by atoms with Gasteiger partial charge in [0.15, 0.2) is 0 Å². The Hall–Kier alpha value is -2.50. The van der Waals surface area contributed by atoms with Gasteiger partial charge in [0.2, 0.25) is 0 Å². The number of aryl methyl sites for hydroxylation is 1. The first-order valence-electron chi connectivity index (χ1n) is 9.44. The summed E-state index contributed by atoms with van der Waals surface area (Å²) < 4.78 is 10.9. The van der Waals surface area contributed by atoms with Gasteiger partial charge in [-0.2, -0.15) is 0 Å². The van der Waals surface area contributed by atoms with Crippen LogP contribution in [0.4, 0.5) is 10.6 Å². The molecule has 1 atom stereocenters. The molecule has 6 nitrogen and oxygen atoms in total. The Kier molecular flexibility index (Phi) is 5.44. The maximum atomic E-state index is 12.4. The zero-order valence-electron chi connectivity index (χ0n) is 16.8. The van der Waals surface area contributed by atoms with Crippen molar-refractivity contribution in [3.05, 3.63) is 30.0 Å². The Labute approximate surface area is 160 Å². The Morgan fingerprint density at radius 1 is 1.33 bits per heavy atom. The summed E-state index contributed by atoms with van der Waals surface area (Å²) in [5.74, 6) is 1.69. The minimum atomic E-state index is -0.481. The van der Waals surface area contributed by atoms with Crippen molar-refractivity contribution < 1.29 is 14.3 Å². The number of anilines is 1. The van der Waals surface area contributed by atoms with E-state index in [1.165, 1.54) is 0 Å². The average molecular weight is 371 g/mol. The number of hydrogen-bond donors (Lipinski definition) is 1. The topological polar surface area (TPSA) is 63.7 Å². The maximum Gasteiger partial charge on any atom is 0.410 e. The molecule has 0 aliphatic carbocycles. The van der Waals surface area contributed by atoms with Crippen LogP contribution in [0.5, 0.6) is 5.75 Å². The van der Waals surface area contributed by atoms with Gasteiger partial charge < -0.3 is 19.7 Å². The summed E-state index contributed by atoms with van der Waals surface area (Å²) in [6, 6.07) is 6.17. The van der Waals surface area contributed by atoms with Crippen LogP contribution in [-0.4, -0.2) is 47.8 Å². The molecule has 27 heavy (non-hydrogen) atoms. The van der Waals surface area contributed by atoms with Gasteiger partial charge >= 0.3 is 6.09 Å². The molecule has 1 aliphatic rings. The summed E-state index contributed by atoms with van der Waals surface area (Å²) in [5, 5.41) is 5.73. The fourth-order valence-electron chi connectivity index (χ4n) is 3.50. The second kappa shape index (κ2) is 7.62. The number of pyridine rings is 1. The number of ether oxygens (including phenoxy) is 2. The van der Waals surface area contributed by atoms with Crippen LogP contribution in [-0.2, 0) is 4.74 Å². The molecular formula is C21H29N3O3. The highest BCUT2D eigenvalue weighted by atomic mass is 16.6. The molecule has 1 fully saturated rings. The van der Waals surface area contributed by atoms with E-state index < -0.39 is 5.60 Å². The molecule has 0 radical (unpaired) electrons. The number of likely N-dealkylation sites (tertiary alicyclic amines) is 1. The normalized spacial score (nSPS) is 17.7. The van der Waals surface area contributed by atoms with Crippen molar-refractivity contribution in [2.45, 2.75) is 52.2 Å². The molecule has 146 valence electrons. The van der Waals surface area contributed by atoms with E-state index >= 15 is 0 Å². The van der Waals surface area contributed by atoms with E-state index in [-0.39, 0.29) is 12.1 Å². The lowest BCUT2D eigenvalue weighted by Gasteiger charge is -2.34.